The highest BCUT2D eigenvalue weighted by Gasteiger charge is 2.14. The maximum absolute atomic E-state index is 11.8. The summed E-state index contributed by atoms with van der Waals surface area (Å²) in [5.74, 6) is -0.252. The molecule has 0 aliphatic heterocycles. The van der Waals surface area contributed by atoms with Gasteiger partial charge in [-0.25, -0.2) is 0 Å². The Kier molecular flexibility index (Phi) is 6.44. The maximum atomic E-state index is 11.8. The molecule has 0 saturated heterocycles. The molecule has 2 atom stereocenters. The number of esters is 1. The van der Waals surface area contributed by atoms with Crippen molar-refractivity contribution in [2.75, 3.05) is 6.54 Å². The molecule has 0 aliphatic rings. The van der Waals surface area contributed by atoms with Crippen LogP contribution in [0.2, 0.25) is 0 Å². The standard InChI is InChI=1S/C15H23NO2/c1-4-13(3)16-10-12(2)15(17)18-11-14-8-6-5-7-9-14/h5-9,12-13,16H,4,10-11H2,1-3H3. The predicted molar refractivity (Wildman–Crippen MR) is 73.2 cm³/mol. The Bertz CT molecular complexity index is 351. The molecule has 100 valence electrons. The summed E-state index contributed by atoms with van der Waals surface area (Å²) in [6, 6.07) is 10.2. The van der Waals surface area contributed by atoms with E-state index < -0.39 is 0 Å². The van der Waals surface area contributed by atoms with Crippen LogP contribution in [0.5, 0.6) is 0 Å². The van der Waals surface area contributed by atoms with E-state index in [9.17, 15) is 4.79 Å². The van der Waals surface area contributed by atoms with Gasteiger partial charge in [-0.15, -0.1) is 0 Å². The third kappa shape index (κ3) is 5.32. The van der Waals surface area contributed by atoms with Gasteiger partial charge in [-0.3, -0.25) is 4.79 Å². The lowest BCUT2D eigenvalue weighted by molar-refractivity contribution is -0.149. The van der Waals surface area contributed by atoms with E-state index in [4.69, 9.17) is 4.74 Å². The molecular weight excluding hydrogens is 226 g/mol. The van der Waals surface area contributed by atoms with Gasteiger partial charge < -0.3 is 10.1 Å². The fraction of sp³-hybridized carbons (Fsp3) is 0.533. The van der Waals surface area contributed by atoms with Gasteiger partial charge in [-0.05, 0) is 18.9 Å². The minimum absolute atomic E-state index is 0.109. The molecule has 3 heteroatoms. The number of hydrogen-bond acceptors (Lipinski definition) is 3. The van der Waals surface area contributed by atoms with Crippen molar-refractivity contribution in [2.45, 2.75) is 39.8 Å². The van der Waals surface area contributed by atoms with E-state index in [0.29, 0.717) is 19.2 Å². The SMILES string of the molecule is CCC(C)NCC(C)C(=O)OCc1ccccc1. The topological polar surface area (TPSA) is 38.3 Å². The van der Waals surface area contributed by atoms with Crippen molar-refractivity contribution >= 4 is 5.97 Å². The fourth-order valence-electron chi connectivity index (χ4n) is 1.48. The van der Waals surface area contributed by atoms with Crippen LogP contribution in [0.1, 0.15) is 32.8 Å². The Balaban J connectivity index is 2.28. The second-order valence-corrected chi connectivity index (χ2v) is 4.71. The molecular formula is C15H23NO2. The van der Waals surface area contributed by atoms with Crippen LogP contribution in [0.4, 0.5) is 0 Å². The summed E-state index contributed by atoms with van der Waals surface area (Å²) < 4.78 is 5.28. The van der Waals surface area contributed by atoms with Crippen LogP contribution in [0.3, 0.4) is 0 Å². The third-order valence-electron chi connectivity index (χ3n) is 3.01. The third-order valence-corrected chi connectivity index (χ3v) is 3.01. The van der Waals surface area contributed by atoms with Gasteiger partial charge in [0.15, 0.2) is 0 Å². The van der Waals surface area contributed by atoms with E-state index in [1.165, 1.54) is 0 Å². The van der Waals surface area contributed by atoms with Crippen LogP contribution in [-0.4, -0.2) is 18.6 Å². The second-order valence-electron chi connectivity index (χ2n) is 4.71. The maximum Gasteiger partial charge on any atom is 0.310 e. The van der Waals surface area contributed by atoms with Crippen LogP contribution in [0, 0.1) is 5.92 Å². The molecule has 18 heavy (non-hydrogen) atoms. The first kappa shape index (κ1) is 14.7. The number of rotatable bonds is 7. The molecule has 1 aromatic carbocycles. The van der Waals surface area contributed by atoms with Gasteiger partial charge in [0.2, 0.25) is 0 Å². The first-order valence-corrected chi connectivity index (χ1v) is 6.57. The summed E-state index contributed by atoms with van der Waals surface area (Å²) >= 11 is 0. The van der Waals surface area contributed by atoms with Crippen molar-refractivity contribution in [3.8, 4) is 0 Å². The Morgan fingerprint density at radius 2 is 1.94 bits per heavy atom. The van der Waals surface area contributed by atoms with Crippen LogP contribution < -0.4 is 5.32 Å². The molecule has 2 unspecified atom stereocenters. The second kappa shape index (κ2) is 7.88. The largest absolute Gasteiger partial charge is 0.461 e. The molecule has 0 radical (unpaired) electrons. The smallest absolute Gasteiger partial charge is 0.310 e. The molecule has 0 amide bonds. The van der Waals surface area contributed by atoms with Gasteiger partial charge in [0.05, 0.1) is 5.92 Å². The number of nitrogens with one attached hydrogen (secondary N) is 1. The zero-order chi connectivity index (χ0) is 13.4. The fourth-order valence-corrected chi connectivity index (χ4v) is 1.48. The van der Waals surface area contributed by atoms with Crippen LogP contribution in [0.15, 0.2) is 30.3 Å². The Labute approximate surface area is 110 Å². The van der Waals surface area contributed by atoms with E-state index in [1.807, 2.05) is 37.3 Å². The number of carbonyl (C=O) groups is 1. The summed E-state index contributed by atoms with van der Waals surface area (Å²) in [5, 5.41) is 3.31. The summed E-state index contributed by atoms with van der Waals surface area (Å²) in [5.41, 5.74) is 1.02. The number of hydrogen-bond donors (Lipinski definition) is 1. The first-order chi connectivity index (χ1) is 8.63. The lowest BCUT2D eigenvalue weighted by Gasteiger charge is -2.15. The summed E-state index contributed by atoms with van der Waals surface area (Å²) in [7, 11) is 0. The van der Waals surface area contributed by atoms with Gasteiger partial charge in [0.25, 0.3) is 0 Å². The summed E-state index contributed by atoms with van der Waals surface area (Å²) in [6.45, 7) is 7.15. The Hall–Kier alpha value is -1.35. The van der Waals surface area contributed by atoms with Crippen LogP contribution >= 0.6 is 0 Å². The first-order valence-electron chi connectivity index (χ1n) is 6.57. The minimum Gasteiger partial charge on any atom is -0.461 e. The van der Waals surface area contributed by atoms with Crippen molar-refractivity contribution in [3.63, 3.8) is 0 Å². The molecule has 0 aromatic heterocycles. The lowest BCUT2D eigenvalue weighted by atomic mass is 10.1. The molecule has 0 saturated carbocycles. The van der Waals surface area contributed by atoms with Gasteiger partial charge in [0, 0.05) is 12.6 Å². The molecule has 0 bridgehead atoms. The predicted octanol–water partition coefficient (Wildman–Crippen LogP) is 2.75. The summed E-state index contributed by atoms with van der Waals surface area (Å²) in [6.07, 6.45) is 1.06. The minimum atomic E-state index is -0.144. The summed E-state index contributed by atoms with van der Waals surface area (Å²) in [4.78, 5) is 11.8. The molecule has 0 fully saturated rings. The zero-order valence-electron chi connectivity index (χ0n) is 11.5. The van der Waals surface area contributed by atoms with Crippen molar-refractivity contribution in [2.24, 2.45) is 5.92 Å². The molecule has 1 rings (SSSR count). The zero-order valence-corrected chi connectivity index (χ0v) is 11.5. The molecule has 0 spiro atoms. The molecule has 3 nitrogen and oxygen atoms in total. The highest BCUT2D eigenvalue weighted by Crippen LogP contribution is 2.04. The molecule has 0 heterocycles. The van der Waals surface area contributed by atoms with Crippen molar-refractivity contribution in [1.29, 1.82) is 0 Å². The average Bonchev–Trinajstić information content (AvgIpc) is 2.42. The van der Waals surface area contributed by atoms with Gasteiger partial charge in [-0.1, -0.05) is 44.2 Å². The number of benzene rings is 1. The number of ether oxygens (including phenoxy) is 1. The number of carbonyl (C=O) groups excluding carboxylic acids is 1. The van der Waals surface area contributed by atoms with E-state index in [0.717, 1.165) is 12.0 Å². The normalized spacial score (nSPS) is 13.9. The molecule has 0 aliphatic carbocycles. The highest BCUT2D eigenvalue weighted by molar-refractivity contribution is 5.72. The monoisotopic (exact) mass is 249 g/mol. The van der Waals surface area contributed by atoms with Crippen molar-refractivity contribution in [1.82, 2.24) is 5.32 Å². The molecule has 1 N–H and O–H groups in total. The Morgan fingerprint density at radius 1 is 1.28 bits per heavy atom. The van der Waals surface area contributed by atoms with Gasteiger partial charge >= 0.3 is 5.97 Å². The van der Waals surface area contributed by atoms with E-state index in [2.05, 4.69) is 19.2 Å². The van der Waals surface area contributed by atoms with E-state index in [-0.39, 0.29) is 11.9 Å². The quantitative estimate of drug-likeness (QED) is 0.755. The van der Waals surface area contributed by atoms with E-state index >= 15 is 0 Å². The van der Waals surface area contributed by atoms with Gasteiger partial charge in [-0.2, -0.15) is 0 Å². The van der Waals surface area contributed by atoms with Crippen LogP contribution in [-0.2, 0) is 16.1 Å². The van der Waals surface area contributed by atoms with Crippen molar-refractivity contribution < 1.29 is 9.53 Å². The molecule has 1 aromatic rings. The lowest BCUT2D eigenvalue weighted by Crippen LogP contribution is -2.33. The van der Waals surface area contributed by atoms with Crippen LogP contribution in [0.25, 0.3) is 0 Å². The highest BCUT2D eigenvalue weighted by atomic mass is 16.5. The Morgan fingerprint density at radius 3 is 2.56 bits per heavy atom. The van der Waals surface area contributed by atoms with E-state index in [1.54, 1.807) is 0 Å². The van der Waals surface area contributed by atoms with Gasteiger partial charge in [0.1, 0.15) is 6.61 Å². The average molecular weight is 249 g/mol. The van der Waals surface area contributed by atoms with Crippen molar-refractivity contribution in [3.05, 3.63) is 35.9 Å².